The Morgan fingerprint density at radius 1 is 1.35 bits per heavy atom. The van der Waals surface area contributed by atoms with Gasteiger partial charge >= 0.3 is 6.03 Å². The Bertz CT molecular complexity index is 604. The average molecular weight is 383 g/mol. The van der Waals surface area contributed by atoms with Crippen LogP contribution in [-0.2, 0) is 6.54 Å². The number of amides is 2. The van der Waals surface area contributed by atoms with E-state index in [0.717, 1.165) is 14.8 Å². The molecule has 0 saturated carbocycles. The number of aromatic nitrogens is 1. The van der Waals surface area contributed by atoms with E-state index in [9.17, 15) is 4.79 Å². The summed E-state index contributed by atoms with van der Waals surface area (Å²) in [6.07, 6.45) is 1.65. The van der Waals surface area contributed by atoms with Crippen LogP contribution in [-0.4, -0.2) is 18.1 Å². The number of para-hydroxylation sites is 1. The molecule has 1 aromatic carbocycles. The molecule has 2 amide bonds. The van der Waals surface area contributed by atoms with Gasteiger partial charge in [-0.2, -0.15) is 0 Å². The van der Waals surface area contributed by atoms with Crippen molar-refractivity contribution in [3.63, 3.8) is 0 Å². The molecule has 0 radical (unpaired) electrons. The van der Waals surface area contributed by atoms with E-state index < -0.39 is 0 Å². The molecule has 2 aromatic rings. The lowest BCUT2D eigenvalue weighted by Gasteiger charge is -2.09. The summed E-state index contributed by atoms with van der Waals surface area (Å²) >= 11 is 2.18. The zero-order chi connectivity index (χ0) is 14.4. The first-order valence-electron chi connectivity index (χ1n) is 5.97. The molecule has 1 heterocycles. The standard InChI is InChI=1S/C14H14IN3O2/c1-20-13-8-10(6-7-16-13)9-17-14(19)18-12-5-3-2-4-11(12)15/h2-8H,9H2,1H3,(H2,17,18,19). The van der Waals surface area contributed by atoms with Gasteiger partial charge in [-0.15, -0.1) is 0 Å². The lowest BCUT2D eigenvalue weighted by molar-refractivity contribution is 0.251. The highest BCUT2D eigenvalue weighted by Crippen LogP contribution is 2.16. The molecular formula is C14H14IN3O2. The Morgan fingerprint density at radius 2 is 2.15 bits per heavy atom. The summed E-state index contributed by atoms with van der Waals surface area (Å²) in [6.45, 7) is 0.411. The zero-order valence-corrected chi connectivity index (χ0v) is 13.0. The Morgan fingerprint density at radius 3 is 2.90 bits per heavy atom. The van der Waals surface area contributed by atoms with Crippen LogP contribution in [0.4, 0.5) is 10.5 Å². The number of urea groups is 1. The first-order chi connectivity index (χ1) is 9.69. The van der Waals surface area contributed by atoms with Crippen LogP contribution in [0.15, 0.2) is 42.6 Å². The fourth-order valence-electron chi connectivity index (χ4n) is 1.58. The van der Waals surface area contributed by atoms with Gasteiger partial charge < -0.3 is 15.4 Å². The summed E-state index contributed by atoms with van der Waals surface area (Å²) in [4.78, 5) is 15.8. The molecule has 0 saturated heterocycles. The van der Waals surface area contributed by atoms with E-state index in [4.69, 9.17) is 4.74 Å². The number of nitrogens with zero attached hydrogens (tertiary/aromatic N) is 1. The summed E-state index contributed by atoms with van der Waals surface area (Å²) in [6, 6.07) is 11.0. The highest BCUT2D eigenvalue weighted by molar-refractivity contribution is 14.1. The van der Waals surface area contributed by atoms with Crippen LogP contribution in [0, 0.1) is 3.57 Å². The Kier molecular flexibility index (Phi) is 5.16. The van der Waals surface area contributed by atoms with Crippen LogP contribution in [0.2, 0.25) is 0 Å². The molecule has 0 spiro atoms. The minimum absolute atomic E-state index is 0.245. The summed E-state index contributed by atoms with van der Waals surface area (Å²) < 4.78 is 6.02. The summed E-state index contributed by atoms with van der Waals surface area (Å²) in [5.41, 5.74) is 1.72. The van der Waals surface area contributed by atoms with E-state index in [-0.39, 0.29) is 6.03 Å². The number of ether oxygens (including phenoxy) is 1. The number of rotatable bonds is 4. The van der Waals surface area contributed by atoms with E-state index in [2.05, 4.69) is 38.2 Å². The van der Waals surface area contributed by atoms with Gasteiger partial charge in [-0.25, -0.2) is 9.78 Å². The number of hydrogen-bond donors (Lipinski definition) is 2. The van der Waals surface area contributed by atoms with Crippen molar-refractivity contribution in [2.24, 2.45) is 0 Å². The molecule has 0 fully saturated rings. The fraction of sp³-hybridized carbons (Fsp3) is 0.143. The molecular weight excluding hydrogens is 369 g/mol. The van der Waals surface area contributed by atoms with Crippen molar-refractivity contribution in [1.29, 1.82) is 0 Å². The van der Waals surface area contributed by atoms with Gasteiger partial charge in [-0.1, -0.05) is 12.1 Å². The highest BCUT2D eigenvalue weighted by Gasteiger charge is 2.04. The number of halogens is 1. The lowest BCUT2D eigenvalue weighted by Crippen LogP contribution is -2.28. The highest BCUT2D eigenvalue weighted by atomic mass is 127. The third-order valence-corrected chi connectivity index (χ3v) is 3.52. The van der Waals surface area contributed by atoms with Crippen molar-refractivity contribution in [3.05, 3.63) is 51.7 Å². The van der Waals surface area contributed by atoms with Gasteiger partial charge in [0, 0.05) is 22.4 Å². The van der Waals surface area contributed by atoms with Crippen LogP contribution in [0.5, 0.6) is 5.88 Å². The maximum Gasteiger partial charge on any atom is 0.319 e. The Labute approximate surface area is 130 Å². The number of benzene rings is 1. The lowest BCUT2D eigenvalue weighted by atomic mass is 10.2. The van der Waals surface area contributed by atoms with Gasteiger partial charge in [0.05, 0.1) is 12.8 Å². The van der Waals surface area contributed by atoms with E-state index >= 15 is 0 Å². The maximum atomic E-state index is 11.8. The average Bonchev–Trinajstić information content (AvgIpc) is 2.48. The summed E-state index contributed by atoms with van der Waals surface area (Å²) in [7, 11) is 1.56. The van der Waals surface area contributed by atoms with Crippen LogP contribution >= 0.6 is 22.6 Å². The number of nitrogens with one attached hydrogen (secondary N) is 2. The molecule has 0 bridgehead atoms. The van der Waals surface area contributed by atoms with Crippen molar-refractivity contribution >= 4 is 34.3 Å². The maximum absolute atomic E-state index is 11.8. The number of pyridine rings is 1. The molecule has 2 N–H and O–H groups in total. The van der Waals surface area contributed by atoms with Crippen LogP contribution in [0.25, 0.3) is 0 Å². The molecule has 5 nitrogen and oxygen atoms in total. The van der Waals surface area contributed by atoms with Gasteiger partial charge in [-0.05, 0) is 46.4 Å². The molecule has 2 rings (SSSR count). The van der Waals surface area contributed by atoms with Crippen molar-refractivity contribution in [2.75, 3.05) is 12.4 Å². The van der Waals surface area contributed by atoms with Crippen molar-refractivity contribution < 1.29 is 9.53 Å². The number of carbonyl (C=O) groups is 1. The second-order valence-corrected chi connectivity index (χ2v) is 5.16. The minimum Gasteiger partial charge on any atom is -0.481 e. The minimum atomic E-state index is -0.245. The van der Waals surface area contributed by atoms with Gasteiger partial charge in [0.1, 0.15) is 0 Å². The third kappa shape index (κ3) is 4.09. The molecule has 104 valence electrons. The normalized spacial score (nSPS) is 9.90. The smallest absolute Gasteiger partial charge is 0.319 e. The zero-order valence-electron chi connectivity index (χ0n) is 10.9. The second-order valence-electron chi connectivity index (χ2n) is 3.99. The Balaban J connectivity index is 1.90. The monoisotopic (exact) mass is 383 g/mol. The Hall–Kier alpha value is -1.83. The van der Waals surface area contributed by atoms with E-state index in [0.29, 0.717) is 12.4 Å². The van der Waals surface area contributed by atoms with Crippen LogP contribution in [0.1, 0.15) is 5.56 Å². The second kappa shape index (κ2) is 7.09. The molecule has 0 unspecified atom stereocenters. The van der Waals surface area contributed by atoms with E-state index in [1.807, 2.05) is 30.3 Å². The van der Waals surface area contributed by atoms with Crippen molar-refractivity contribution in [3.8, 4) is 5.88 Å². The van der Waals surface area contributed by atoms with E-state index in [1.54, 1.807) is 19.4 Å². The molecule has 1 aromatic heterocycles. The summed E-state index contributed by atoms with van der Waals surface area (Å²) in [5.74, 6) is 0.530. The molecule has 0 atom stereocenters. The third-order valence-electron chi connectivity index (χ3n) is 2.58. The molecule has 0 aliphatic carbocycles. The largest absolute Gasteiger partial charge is 0.481 e. The van der Waals surface area contributed by atoms with E-state index in [1.165, 1.54) is 0 Å². The predicted molar refractivity (Wildman–Crippen MR) is 85.8 cm³/mol. The quantitative estimate of drug-likeness (QED) is 0.798. The van der Waals surface area contributed by atoms with Crippen molar-refractivity contribution in [2.45, 2.75) is 6.54 Å². The molecule has 20 heavy (non-hydrogen) atoms. The molecule has 0 aliphatic rings. The number of anilines is 1. The number of methoxy groups -OCH3 is 1. The topological polar surface area (TPSA) is 63.2 Å². The van der Waals surface area contributed by atoms with Gasteiger partial charge in [0.2, 0.25) is 5.88 Å². The first-order valence-corrected chi connectivity index (χ1v) is 7.05. The molecule has 0 aliphatic heterocycles. The number of carbonyl (C=O) groups excluding carboxylic acids is 1. The van der Waals surface area contributed by atoms with Gasteiger partial charge in [0.25, 0.3) is 0 Å². The van der Waals surface area contributed by atoms with Gasteiger partial charge in [-0.3, -0.25) is 0 Å². The molecule has 6 heteroatoms. The fourth-order valence-corrected chi connectivity index (χ4v) is 2.11. The van der Waals surface area contributed by atoms with Crippen molar-refractivity contribution in [1.82, 2.24) is 10.3 Å². The van der Waals surface area contributed by atoms with Gasteiger partial charge in [0.15, 0.2) is 0 Å². The predicted octanol–water partition coefficient (Wildman–Crippen LogP) is 3.02. The van der Waals surface area contributed by atoms with Crippen LogP contribution < -0.4 is 15.4 Å². The number of hydrogen-bond acceptors (Lipinski definition) is 3. The SMILES string of the molecule is COc1cc(CNC(=O)Nc2ccccc2I)ccn1. The van der Waals surface area contributed by atoms with Crippen LogP contribution in [0.3, 0.4) is 0 Å². The first kappa shape index (κ1) is 14.6. The summed E-state index contributed by atoms with van der Waals surface area (Å²) in [5, 5.41) is 5.59.